The Morgan fingerprint density at radius 1 is 1.05 bits per heavy atom. The standard InChI is InChI=1S/C13H13ClO5/c1-7(13(14)17)10-4-5-11(18-8(2)15)12(6-10)19-9(3)16/h4-7H,1-3H3. The summed E-state index contributed by atoms with van der Waals surface area (Å²) >= 11 is 5.41. The van der Waals surface area contributed by atoms with E-state index in [4.69, 9.17) is 21.1 Å². The highest BCUT2D eigenvalue weighted by Gasteiger charge is 2.17. The molecule has 1 aromatic carbocycles. The Kier molecular flexibility index (Phi) is 5.06. The van der Waals surface area contributed by atoms with E-state index in [2.05, 4.69) is 0 Å². The first-order valence-corrected chi connectivity index (χ1v) is 5.89. The minimum Gasteiger partial charge on any atom is -0.423 e. The predicted molar refractivity (Wildman–Crippen MR) is 68.3 cm³/mol. The Hall–Kier alpha value is -1.88. The molecule has 0 heterocycles. The van der Waals surface area contributed by atoms with Crippen LogP contribution in [0.5, 0.6) is 11.5 Å². The Labute approximate surface area is 115 Å². The van der Waals surface area contributed by atoms with E-state index < -0.39 is 23.1 Å². The molecule has 0 spiro atoms. The van der Waals surface area contributed by atoms with E-state index in [1.54, 1.807) is 13.0 Å². The number of esters is 2. The summed E-state index contributed by atoms with van der Waals surface area (Å²) in [6.07, 6.45) is 0. The molecule has 1 aromatic rings. The third-order valence-electron chi connectivity index (χ3n) is 2.32. The van der Waals surface area contributed by atoms with Crippen LogP contribution in [0.2, 0.25) is 0 Å². The van der Waals surface area contributed by atoms with Crippen molar-refractivity contribution in [3.8, 4) is 11.5 Å². The van der Waals surface area contributed by atoms with Gasteiger partial charge >= 0.3 is 11.9 Å². The third kappa shape index (κ3) is 4.37. The molecule has 19 heavy (non-hydrogen) atoms. The van der Waals surface area contributed by atoms with Gasteiger partial charge in [0.05, 0.1) is 5.92 Å². The Bertz CT molecular complexity index is 524. The summed E-state index contributed by atoms with van der Waals surface area (Å²) < 4.78 is 9.85. The lowest BCUT2D eigenvalue weighted by Crippen LogP contribution is -2.09. The minimum atomic E-state index is -0.560. The monoisotopic (exact) mass is 284 g/mol. The number of hydrogen-bond acceptors (Lipinski definition) is 5. The molecule has 0 N–H and O–H groups in total. The van der Waals surface area contributed by atoms with Crippen molar-refractivity contribution in [2.45, 2.75) is 26.7 Å². The van der Waals surface area contributed by atoms with Gasteiger partial charge in [0.1, 0.15) is 0 Å². The molecule has 102 valence electrons. The molecule has 1 rings (SSSR count). The maximum atomic E-state index is 11.1. The van der Waals surface area contributed by atoms with E-state index in [0.717, 1.165) is 0 Å². The van der Waals surface area contributed by atoms with Gasteiger partial charge in [-0.2, -0.15) is 0 Å². The molecular weight excluding hydrogens is 272 g/mol. The minimum absolute atomic E-state index is 0.0740. The zero-order valence-electron chi connectivity index (χ0n) is 10.7. The molecule has 0 fully saturated rings. The lowest BCUT2D eigenvalue weighted by Gasteiger charge is -2.12. The smallest absolute Gasteiger partial charge is 0.308 e. The maximum Gasteiger partial charge on any atom is 0.308 e. The van der Waals surface area contributed by atoms with Gasteiger partial charge in [0, 0.05) is 13.8 Å². The first-order valence-electron chi connectivity index (χ1n) is 5.51. The maximum absolute atomic E-state index is 11.1. The van der Waals surface area contributed by atoms with Crippen LogP contribution in [0.1, 0.15) is 32.3 Å². The van der Waals surface area contributed by atoms with Gasteiger partial charge in [0.25, 0.3) is 0 Å². The fourth-order valence-corrected chi connectivity index (χ4v) is 1.52. The first kappa shape index (κ1) is 15.2. The van der Waals surface area contributed by atoms with Crippen LogP contribution < -0.4 is 9.47 Å². The van der Waals surface area contributed by atoms with Crippen LogP contribution in [-0.4, -0.2) is 17.2 Å². The van der Waals surface area contributed by atoms with Crippen molar-refractivity contribution in [1.29, 1.82) is 0 Å². The van der Waals surface area contributed by atoms with Gasteiger partial charge < -0.3 is 9.47 Å². The Balaban J connectivity index is 3.17. The van der Waals surface area contributed by atoms with Crippen molar-refractivity contribution in [3.05, 3.63) is 23.8 Å². The summed E-state index contributed by atoms with van der Waals surface area (Å²) in [5.41, 5.74) is 0.562. The average Bonchev–Trinajstić information content (AvgIpc) is 2.29. The highest BCUT2D eigenvalue weighted by molar-refractivity contribution is 6.64. The molecule has 0 aliphatic carbocycles. The molecule has 0 aliphatic rings. The number of halogens is 1. The van der Waals surface area contributed by atoms with Gasteiger partial charge in [-0.3, -0.25) is 14.4 Å². The summed E-state index contributed by atoms with van der Waals surface area (Å²) in [7, 11) is 0. The number of ether oxygens (including phenoxy) is 2. The molecule has 0 saturated carbocycles. The molecular formula is C13H13ClO5. The van der Waals surface area contributed by atoms with Crippen molar-refractivity contribution < 1.29 is 23.9 Å². The lowest BCUT2D eigenvalue weighted by molar-refractivity contribution is -0.134. The summed E-state index contributed by atoms with van der Waals surface area (Å²) in [5.74, 6) is -1.47. The summed E-state index contributed by atoms with van der Waals surface area (Å²) in [6.45, 7) is 4.07. The zero-order valence-corrected chi connectivity index (χ0v) is 11.5. The first-order chi connectivity index (χ1) is 8.81. The van der Waals surface area contributed by atoms with Crippen LogP contribution in [0, 0.1) is 0 Å². The van der Waals surface area contributed by atoms with E-state index in [-0.39, 0.29) is 11.5 Å². The van der Waals surface area contributed by atoms with Crippen molar-refractivity contribution in [3.63, 3.8) is 0 Å². The van der Waals surface area contributed by atoms with Gasteiger partial charge in [-0.25, -0.2) is 0 Å². The van der Waals surface area contributed by atoms with Gasteiger partial charge in [0.15, 0.2) is 11.5 Å². The quantitative estimate of drug-likeness (QED) is 0.482. The van der Waals surface area contributed by atoms with Crippen LogP contribution in [0.15, 0.2) is 18.2 Å². The molecule has 0 bridgehead atoms. The second kappa shape index (κ2) is 6.33. The van der Waals surface area contributed by atoms with Crippen molar-refractivity contribution in [2.75, 3.05) is 0 Å². The molecule has 6 heteroatoms. The van der Waals surface area contributed by atoms with Gasteiger partial charge in [0.2, 0.25) is 5.24 Å². The lowest BCUT2D eigenvalue weighted by atomic mass is 10.0. The second-order valence-electron chi connectivity index (χ2n) is 3.92. The molecule has 1 unspecified atom stereocenters. The van der Waals surface area contributed by atoms with Crippen molar-refractivity contribution in [2.24, 2.45) is 0 Å². The average molecular weight is 285 g/mol. The van der Waals surface area contributed by atoms with Crippen LogP contribution in [-0.2, 0) is 14.4 Å². The summed E-state index contributed by atoms with van der Waals surface area (Å²) in [5, 5.41) is -0.533. The number of carbonyl (C=O) groups excluding carboxylic acids is 3. The number of benzene rings is 1. The van der Waals surface area contributed by atoms with E-state index >= 15 is 0 Å². The van der Waals surface area contributed by atoms with Gasteiger partial charge in [-0.05, 0) is 29.3 Å². The van der Waals surface area contributed by atoms with Crippen LogP contribution in [0.25, 0.3) is 0 Å². The molecule has 0 saturated heterocycles. The summed E-state index contributed by atoms with van der Waals surface area (Å²) in [4.78, 5) is 33.1. The fourth-order valence-electron chi connectivity index (χ4n) is 1.40. The normalized spacial score (nSPS) is 11.6. The van der Waals surface area contributed by atoms with E-state index in [1.165, 1.54) is 26.0 Å². The highest BCUT2D eigenvalue weighted by Crippen LogP contribution is 2.32. The van der Waals surface area contributed by atoms with Crippen LogP contribution in [0.4, 0.5) is 0 Å². The van der Waals surface area contributed by atoms with Gasteiger partial charge in [-0.15, -0.1) is 0 Å². The highest BCUT2D eigenvalue weighted by atomic mass is 35.5. The largest absolute Gasteiger partial charge is 0.423 e. The van der Waals surface area contributed by atoms with E-state index in [1.807, 2.05) is 0 Å². The molecule has 0 aliphatic heterocycles. The second-order valence-corrected chi connectivity index (χ2v) is 4.29. The Morgan fingerprint density at radius 3 is 2.05 bits per heavy atom. The molecule has 0 aromatic heterocycles. The van der Waals surface area contributed by atoms with E-state index in [9.17, 15) is 14.4 Å². The summed E-state index contributed by atoms with van der Waals surface area (Å²) in [6, 6.07) is 4.48. The predicted octanol–water partition coefficient (Wildman–Crippen LogP) is 2.41. The topological polar surface area (TPSA) is 69.7 Å². The number of hydrogen-bond donors (Lipinski definition) is 0. The molecule has 0 radical (unpaired) electrons. The number of rotatable bonds is 4. The van der Waals surface area contributed by atoms with Crippen molar-refractivity contribution >= 4 is 28.8 Å². The number of carbonyl (C=O) groups is 3. The van der Waals surface area contributed by atoms with E-state index in [0.29, 0.717) is 5.56 Å². The molecule has 0 amide bonds. The SMILES string of the molecule is CC(=O)Oc1ccc(C(C)C(=O)Cl)cc1OC(C)=O. The van der Waals surface area contributed by atoms with Crippen LogP contribution >= 0.6 is 11.6 Å². The molecule has 5 nitrogen and oxygen atoms in total. The zero-order chi connectivity index (χ0) is 14.6. The van der Waals surface area contributed by atoms with Crippen molar-refractivity contribution in [1.82, 2.24) is 0 Å². The van der Waals surface area contributed by atoms with Crippen LogP contribution in [0.3, 0.4) is 0 Å². The fraction of sp³-hybridized carbons (Fsp3) is 0.308. The molecule has 1 atom stereocenters. The third-order valence-corrected chi connectivity index (χ3v) is 2.64. The van der Waals surface area contributed by atoms with Gasteiger partial charge in [-0.1, -0.05) is 13.0 Å². The Morgan fingerprint density at radius 2 is 1.58 bits per heavy atom.